The van der Waals surface area contributed by atoms with Gasteiger partial charge in [0.2, 0.25) is 0 Å². The maximum atomic E-state index is 10.0. The van der Waals surface area contributed by atoms with Gasteiger partial charge in [-0.25, -0.2) is 10.1 Å². The first-order chi connectivity index (χ1) is 4.30. The van der Waals surface area contributed by atoms with Crippen LogP contribution in [0.2, 0.25) is 0 Å². The van der Waals surface area contributed by atoms with Crippen molar-refractivity contribution in [1.82, 2.24) is 5.01 Å². The molecule has 0 saturated heterocycles. The SMILES string of the molecule is O=[N+]([O-])N1C=CCCC1. The summed E-state index contributed by atoms with van der Waals surface area (Å²) >= 11 is 0. The highest BCUT2D eigenvalue weighted by atomic mass is 16.7. The lowest BCUT2D eigenvalue weighted by Gasteiger charge is -2.11. The molecule has 1 aliphatic rings. The van der Waals surface area contributed by atoms with E-state index in [0.717, 1.165) is 17.9 Å². The minimum atomic E-state index is -0.393. The van der Waals surface area contributed by atoms with Gasteiger partial charge in [0.25, 0.3) is 0 Å². The van der Waals surface area contributed by atoms with Crippen molar-refractivity contribution in [1.29, 1.82) is 0 Å². The lowest BCUT2D eigenvalue weighted by atomic mass is 10.2. The van der Waals surface area contributed by atoms with Crippen LogP contribution in [0.5, 0.6) is 0 Å². The predicted octanol–water partition coefficient (Wildman–Crippen LogP) is 0.788. The highest BCUT2D eigenvalue weighted by Crippen LogP contribution is 2.04. The summed E-state index contributed by atoms with van der Waals surface area (Å²) in [5.41, 5.74) is 0. The molecule has 1 heterocycles. The van der Waals surface area contributed by atoms with Crippen LogP contribution >= 0.6 is 0 Å². The second kappa shape index (κ2) is 2.48. The fraction of sp³-hybridized carbons (Fsp3) is 0.600. The van der Waals surface area contributed by atoms with Crippen molar-refractivity contribution in [3.63, 3.8) is 0 Å². The molecule has 0 amide bonds. The summed E-state index contributed by atoms with van der Waals surface area (Å²) in [4.78, 5) is 10.0. The number of nitro groups is 1. The van der Waals surface area contributed by atoms with Crippen LogP contribution < -0.4 is 0 Å². The number of allylic oxidation sites excluding steroid dienone is 1. The van der Waals surface area contributed by atoms with E-state index < -0.39 is 5.03 Å². The highest BCUT2D eigenvalue weighted by molar-refractivity contribution is 4.83. The van der Waals surface area contributed by atoms with E-state index in [1.54, 1.807) is 0 Å². The zero-order valence-electron chi connectivity index (χ0n) is 4.99. The lowest BCUT2D eigenvalue weighted by Crippen LogP contribution is -2.26. The molecular formula is C5H8N2O2. The molecule has 0 saturated carbocycles. The van der Waals surface area contributed by atoms with E-state index in [1.807, 2.05) is 6.08 Å². The first kappa shape index (κ1) is 6.07. The van der Waals surface area contributed by atoms with Gasteiger partial charge >= 0.3 is 0 Å². The van der Waals surface area contributed by atoms with E-state index in [-0.39, 0.29) is 0 Å². The quantitative estimate of drug-likeness (QED) is 0.387. The summed E-state index contributed by atoms with van der Waals surface area (Å²) in [5.74, 6) is 0. The summed E-state index contributed by atoms with van der Waals surface area (Å²) in [7, 11) is 0. The maximum absolute atomic E-state index is 10.0. The van der Waals surface area contributed by atoms with Crippen LogP contribution in [0, 0.1) is 10.1 Å². The summed E-state index contributed by atoms with van der Waals surface area (Å²) in [5, 5.41) is 10.7. The predicted molar refractivity (Wildman–Crippen MR) is 32.1 cm³/mol. The molecule has 0 bridgehead atoms. The van der Waals surface area contributed by atoms with Crippen molar-refractivity contribution in [2.24, 2.45) is 0 Å². The Labute approximate surface area is 52.9 Å². The highest BCUT2D eigenvalue weighted by Gasteiger charge is 2.11. The molecule has 0 fully saturated rings. The molecule has 0 radical (unpaired) electrons. The van der Waals surface area contributed by atoms with E-state index in [1.165, 1.54) is 6.20 Å². The van der Waals surface area contributed by atoms with Gasteiger partial charge in [-0.3, -0.25) is 0 Å². The molecule has 9 heavy (non-hydrogen) atoms. The lowest BCUT2D eigenvalue weighted by molar-refractivity contribution is -0.640. The molecule has 4 heteroatoms. The van der Waals surface area contributed by atoms with Gasteiger partial charge < -0.3 is 0 Å². The monoisotopic (exact) mass is 128 g/mol. The van der Waals surface area contributed by atoms with Gasteiger partial charge in [-0.2, -0.15) is 0 Å². The number of hydrogen-bond acceptors (Lipinski definition) is 2. The molecular weight excluding hydrogens is 120 g/mol. The Morgan fingerprint density at radius 3 is 2.78 bits per heavy atom. The summed E-state index contributed by atoms with van der Waals surface area (Å²) in [6.45, 7) is 0.545. The Kier molecular flexibility index (Phi) is 1.67. The third kappa shape index (κ3) is 1.42. The minimum Gasteiger partial charge on any atom is -0.234 e. The Morgan fingerprint density at radius 2 is 2.44 bits per heavy atom. The smallest absolute Gasteiger partial charge is 0.164 e. The van der Waals surface area contributed by atoms with Gasteiger partial charge in [-0.05, 0) is 12.8 Å². The van der Waals surface area contributed by atoms with Crippen LogP contribution in [-0.4, -0.2) is 16.6 Å². The first-order valence-electron chi connectivity index (χ1n) is 2.88. The topological polar surface area (TPSA) is 46.4 Å². The molecule has 0 atom stereocenters. The van der Waals surface area contributed by atoms with Gasteiger partial charge in [-0.15, -0.1) is 5.01 Å². The Balaban J connectivity index is 2.50. The van der Waals surface area contributed by atoms with Crippen molar-refractivity contribution in [2.45, 2.75) is 12.8 Å². The van der Waals surface area contributed by atoms with E-state index in [9.17, 15) is 10.1 Å². The average Bonchev–Trinajstić information content (AvgIpc) is 1.90. The van der Waals surface area contributed by atoms with Crippen molar-refractivity contribution in [3.8, 4) is 0 Å². The molecule has 4 nitrogen and oxygen atoms in total. The normalized spacial score (nSPS) is 18.0. The van der Waals surface area contributed by atoms with Gasteiger partial charge in [0.15, 0.2) is 5.03 Å². The van der Waals surface area contributed by atoms with Crippen LogP contribution in [0.4, 0.5) is 0 Å². The van der Waals surface area contributed by atoms with Crippen LogP contribution in [0.25, 0.3) is 0 Å². The standard InChI is InChI=1S/C5H8N2O2/c8-7(9)6-4-2-1-3-5-6/h2,4H,1,3,5H2. The molecule has 1 aliphatic heterocycles. The molecule has 50 valence electrons. The van der Waals surface area contributed by atoms with Crippen LogP contribution in [0.3, 0.4) is 0 Å². The summed E-state index contributed by atoms with van der Waals surface area (Å²) < 4.78 is 0. The van der Waals surface area contributed by atoms with Gasteiger partial charge in [0.05, 0.1) is 12.7 Å². The van der Waals surface area contributed by atoms with E-state index in [2.05, 4.69) is 0 Å². The molecule has 0 spiro atoms. The molecule has 0 N–H and O–H groups in total. The van der Waals surface area contributed by atoms with Gasteiger partial charge in [0, 0.05) is 0 Å². The van der Waals surface area contributed by atoms with Crippen LogP contribution in [-0.2, 0) is 0 Å². The molecule has 0 aromatic heterocycles. The minimum absolute atomic E-state index is 0.393. The van der Waals surface area contributed by atoms with Gasteiger partial charge in [-0.1, -0.05) is 6.08 Å². The zero-order valence-corrected chi connectivity index (χ0v) is 4.99. The van der Waals surface area contributed by atoms with E-state index in [4.69, 9.17) is 0 Å². The Hall–Kier alpha value is -1.06. The second-order valence-electron chi connectivity index (χ2n) is 1.93. The third-order valence-electron chi connectivity index (χ3n) is 1.25. The van der Waals surface area contributed by atoms with Gasteiger partial charge in [0.1, 0.15) is 0 Å². The fourth-order valence-corrected chi connectivity index (χ4v) is 0.778. The second-order valence-corrected chi connectivity index (χ2v) is 1.93. The number of rotatable bonds is 1. The van der Waals surface area contributed by atoms with Crippen molar-refractivity contribution < 1.29 is 5.03 Å². The van der Waals surface area contributed by atoms with E-state index >= 15 is 0 Å². The summed E-state index contributed by atoms with van der Waals surface area (Å²) in [6, 6.07) is 0. The molecule has 0 aromatic rings. The van der Waals surface area contributed by atoms with Crippen molar-refractivity contribution >= 4 is 0 Å². The van der Waals surface area contributed by atoms with E-state index in [0.29, 0.717) is 6.54 Å². The molecule has 0 unspecified atom stereocenters. The summed E-state index contributed by atoms with van der Waals surface area (Å²) in [6.07, 6.45) is 5.18. The zero-order chi connectivity index (χ0) is 6.69. The van der Waals surface area contributed by atoms with Crippen molar-refractivity contribution in [3.05, 3.63) is 22.4 Å². The molecule has 0 aliphatic carbocycles. The average molecular weight is 128 g/mol. The third-order valence-corrected chi connectivity index (χ3v) is 1.25. The van der Waals surface area contributed by atoms with Crippen LogP contribution in [0.1, 0.15) is 12.8 Å². The number of hydrogen-bond donors (Lipinski definition) is 0. The molecule has 1 rings (SSSR count). The Bertz CT molecular complexity index is 144. The Morgan fingerprint density at radius 1 is 1.67 bits per heavy atom. The fourth-order valence-electron chi connectivity index (χ4n) is 0.778. The number of nitrogens with zero attached hydrogens (tertiary/aromatic N) is 2. The molecule has 0 aromatic carbocycles. The van der Waals surface area contributed by atoms with Crippen LogP contribution in [0.15, 0.2) is 12.3 Å². The largest absolute Gasteiger partial charge is 0.234 e. The van der Waals surface area contributed by atoms with Crippen molar-refractivity contribution in [2.75, 3.05) is 6.54 Å². The first-order valence-corrected chi connectivity index (χ1v) is 2.88. The number of hydrazine groups is 1. The maximum Gasteiger partial charge on any atom is 0.164 e.